The number of ether oxygens (including phenoxy) is 1. The molecule has 1 atom stereocenters. The van der Waals surface area contributed by atoms with Gasteiger partial charge in [-0.1, -0.05) is 26.0 Å². The van der Waals surface area contributed by atoms with Crippen LogP contribution in [0.25, 0.3) is 0 Å². The van der Waals surface area contributed by atoms with Crippen LogP contribution >= 0.6 is 12.4 Å². The second kappa shape index (κ2) is 6.74. The minimum atomic E-state index is -0.376. The van der Waals surface area contributed by atoms with Gasteiger partial charge in [0.2, 0.25) is 0 Å². The van der Waals surface area contributed by atoms with Crippen molar-refractivity contribution in [2.45, 2.75) is 25.8 Å². The normalized spacial score (nSPS) is 12.1. The van der Waals surface area contributed by atoms with Crippen LogP contribution in [0.2, 0.25) is 0 Å². The lowest BCUT2D eigenvalue weighted by Gasteiger charge is -2.16. The zero-order valence-electron chi connectivity index (χ0n) is 9.93. The Balaban J connectivity index is 0.00000225. The number of hydrogen-bond acceptors (Lipinski definition) is 3. The quantitative estimate of drug-likeness (QED) is 0.855. The topological polar surface area (TPSA) is 55.5 Å². The van der Waals surface area contributed by atoms with E-state index in [1.165, 1.54) is 5.56 Å². The highest BCUT2D eigenvalue weighted by Crippen LogP contribution is 2.27. The Morgan fingerprint density at radius 2 is 2.00 bits per heavy atom. The number of aliphatic hydroxyl groups is 1. The number of benzene rings is 1. The molecular formula is C12H20ClNO2. The van der Waals surface area contributed by atoms with E-state index in [2.05, 4.69) is 13.8 Å². The van der Waals surface area contributed by atoms with Gasteiger partial charge in [0.05, 0.1) is 19.8 Å². The van der Waals surface area contributed by atoms with Gasteiger partial charge in [-0.05, 0) is 17.5 Å². The predicted octanol–water partition coefficient (Wildman–Crippen LogP) is 2.23. The van der Waals surface area contributed by atoms with E-state index in [1.807, 2.05) is 18.2 Å². The lowest BCUT2D eigenvalue weighted by atomic mass is 9.97. The van der Waals surface area contributed by atoms with Gasteiger partial charge in [-0.3, -0.25) is 0 Å². The van der Waals surface area contributed by atoms with Crippen LogP contribution < -0.4 is 10.5 Å². The largest absolute Gasteiger partial charge is 0.496 e. The summed E-state index contributed by atoms with van der Waals surface area (Å²) >= 11 is 0. The Morgan fingerprint density at radius 1 is 1.38 bits per heavy atom. The number of nitrogens with two attached hydrogens (primary N) is 1. The fourth-order valence-corrected chi connectivity index (χ4v) is 1.50. The molecule has 0 saturated carbocycles. The summed E-state index contributed by atoms with van der Waals surface area (Å²) < 4.78 is 5.21. The van der Waals surface area contributed by atoms with Crippen LogP contribution in [-0.2, 0) is 0 Å². The molecule has 3 N–H and O–H groups in total. The Morgan fingerprint density at radius 3 is 2.44 bits per heavy atom. The molecule has 16 heavy (non-hydrogen) atoms. The summed E-state index contributed by atoms with van der Waals surface area (Å²) in [6.07, 6.45) is 0. The van der Waals surface area contributed by atoms with Gasteiger partial charge in [0, 0.05) is 5.56 Å². The van der Waals surface area contributed by atoms with Gasteiger partial charge in [0.25, 0.3) is 0 Å². The summed E-state index contributed by atoms with van der Waals surface area (Å²) in [7, 11) is 1.61. The first-order valence-corrected chi connectivity index (χ1v) is 5.14. The molecule has 0 aliphatic carbocycles. The van der Waals surface area contributed by atoms with E-state index in [0.29, 0.717) is 5.92 Å². The van der Waals surface area contributed by atoms with Crippen molar-refractivity contribution in [1.29, 1.82) is 0 Å². The van der Waals surface area contributed by atoms with Gasteiger partial charge in [-0.25, -0.2) is 0 Å². The maximum absolute atomic E-state index is 9.06. The van der Waals surface area contributed by atoms with E-state index < -0.39 is 0 Å². The molecule has 4 heteroatoms. The molecule has 0 aromatic heterocycles. The molecule has 1 rings (SSSR count). The molecule has 0 spiro atoms. The number of halogens is 1. The summed E-state index contributed by atoms with van der Waals surface area (Å²) in [5, 5.41) is 9.06. The molecule has 0 fully saturated rings. The minimum absolute atomic E-state index is 0. The SMILES string of the molecule is COc1ccc(C(C)C)cc1[C@@H](N)CO.Cl. The van der Waals surface area contributed by atoms with Crippen LogP contribution in [0, 0.1) is 0 Å². The molecule has 0 aliphatic heterocycles. The first-order valence-electron chi connectivity index (χ1n) is 5.14. The average Bonchev–Trinajstić information content (AvgIpc) is 2.27. The van der Waals surface area contributed by atoms with Crippen LogP contribution in [0.4, 0.5) is 0 Å². The first-order chi connectivity index (χ1) is 7.10. The highest BCUT2D eigenvalue weighted by Gasteiger charge is 2.12. The van der Waals surface area contributed by atoms with Gasteiger partial charge in [0.15, 0.2) is 0 Å². The van der Waals surface area contributed by atoms with Crippen molar-refractivity contribution in [3.8, 4) is 5.75 Å². The van der Waals surface area contributed by atoms with Crippen LogP contribution in [0.5, 0.6) is 5.75 Å². The molecule has 0 radical (unpaired) electrons. The maximum Gasteiger partial charge on any atom is 0.123 e. The molecule has 0 amide bonds. The van der Waals surface area contributed by atoms with Gasteiger partial charge < -0.3 is 15.6 Å². The van der Waals surface area contributed by atoms with E-state index in [-0.39, 0.29) is 25.1 Å². The van der Waals surface area contributed by atoms with Gasteiger partial charge in [0.1, 0.15) is 5.75 Å². The maximum atomic E-state index is 9.06. The Kier molecular flexibility index (Phi) is 6.41. The van der Waals surface area contributed by atoms with Crippen molar-refractivity contribution in [1.82, 2.24) is 0 Å². The number of aliphatic hydroxyl groups excluding tert-OH is 1. The lowest BCUT2D eigenvalue weighted by molar-refractivity contribution is 0.264. The third-order valence-electron chi connectivity index (χ3n) is 2.52. The molecule has 1 aromatic carbocycles. The van der Waals surface area contributed by atoms with Crippen LogP contribution in [0.15, 0.2) is 18.2 Å². The number of rotatable bonds is 4. The first kappa shape index (κ1) is 15.2. The fourth-order valence-electron chi connectivity index (χ4n) is 1.50. The van der Waals surface area contributed by atoms with Crippen LogP contribution in [-0.4, -0.2) is 18.8 Å². The molecule has 3 nitrogen and oxygen atoms in total. The minimum Gasteiger partial charge on any atom is -0.496 e. The molecule has 0 aliphatic rings. The molecular weight excluding hydrogens is 226 g/mol. The zero-order valence-corrected chi connectivity index (χ0v) is 10.8. The van der Waals surface area contributed by atoms with Crippen molar-refractivity contribution in [2.75, 3.05) is 13.7 Å². The van der Waals surface area contributed by atoms with E-state index >= 15 is 0 Å². The highest BCUT2D eigenvalue weighted by molar-refractivity contribution is 5.85. The molecule has 0 heterocycles. The zero-order chi connectivity index (χ0) is 11.4. The van der Waals surface area contributed by atoms with Crippen molar-refractivity contribution < 1.29 is 9.84 Å². The Hall–Kier alpha value is -0.770. The van der Waals surface area contributed by atoms with Gasteiger partial charge >= 0.3 is 0 Å². The van der Waals surface area contributed by atoms with E-state index in [9.17, 15) is 0 Å². The molecule has 92 valence electrons. The number of methoxy groups -OCH3 is 1. The molecule has 0 saturated heterocycles. The van der Waals surface area contributed by atoms with Crippen molar-refractivity contribution >= 4 is 12.4 Å². The van der Waals surface area contributed by atoms with Crippen molar-refractivity contribution in [2.24, 2.45) is 5.73 Å². The fraction of sp³-hybridized carbons (Fsp3) is 0.500. The van der Waals surface area contributed by atoms with E-state index in [1.54, 1.807) is 7.11 Å². The second-order valence-corrected chi connectivity index (χ2v) is 3.95. The summed E-state index contributed by atoms with van der Waals surface area (Å²) in [6.45, 7) is 4.17. The summed E-state index contributed by atoms with van der Waals surface area (Å²) in [4.78, 5) is 0. The number of hydrogen-bond donors (Lipinski definition) is 2. The highest BCUT2D eigenvalue weighted by atomic mass is 35.5. The monoisotopic (exact) mass is 245 g/mol. The van der Waals surface area contributed by atoms with Crippen LogP contribution in [0.3, 0.4) is 0 Å². The average molecular weight is 246 g/mol. The van der Waals surface area contributed by atoms with Crippen molar-refractivity contribution in [3.05, 3.63) is 29.3 Å². The predicted molar refractivity (Wildman–Crippen MR) is 68.3 cm³/mol. The smallest absolute Gasteiger partial charge is 0.123 e. The summed E-state index contributed by atoms with van der Waals surface area (Å²) in [5.41, 5.74) is 7.88. The van der Waals surface area contributed by atoms with E-state index in [4.69, 9.17) is 15.6 Å². The second-order valence-electron chi connectivity index (χ2n) is 3.95. The summed E-state index contributed by atoms with van der Waals surface area (Å²) in [6, 6.07) is 5.56. The van der Waals surface area contributed by atoms with Crippen LogP contribution in [0.1, 0.15) is 36.9 Å². The summed E-state index contributed by atoms with van der Waals surface area (Å²) in [5.74, 6) is 1.18. The van der Waals surface area contributed by atoms with Crippen molar-refractivity contribution in [3.63, 3.8) is 0 Å². The third kappa shape index (κ3) is 3.37. The van der Waals surface area contributed by atoms with Gasteiger partial charge in [-0.2, -0.15) is 0 Å². The third-order valence-corrected chi connectivity index (χ3v) is 2.52. The Labute approximate surface area is 103 Å². The molecule has 0 unspecified atom stereocenters. The van der Waals surface area contributed by atoms with E-state index in [0.717, 1.165) is 11.3 Å². The van der Waals surface area contributed by atoms with Gasteiger partial charge in [-0.15, -0.1) is 12.4 Å². The molecule has 0 bridgehead atoms. The molecule has 1 aromatic rings. The lowest BCUT2D eigenvalue weighted by Crippen LogP contribution is -2.16. The standard InChI is InChI=1S/C12H19NO2.ClH/c1-8(2)9-4-5-12(15-3)10(6-9)11(13)7-14;/h4-6,8,11,14H,7,13H2,1-3H3;1H/t11-;/m0./s1. The Bertz CT molecular complexity index is 329.